The number of alkyl halides is 6. The van der Waals surface area contributed by atoms with E-state index in [9.17, 15) is 59.2 Å². The highest BCUT2D eigenvalue weighted by Crippen LogP contribution is 2.48. The van der Waals surface area contributed by atoms with E-state index >= 15 is 0 Å². The molecule has 0 fully saturated rings. The predicted molar refractivity (Wildman–Crippen MR) is 205 cm³/mol. The van der Waals surface area contributed by atoms with Gasteiger partial charge in [0.15, 0.2) is 18.9 Å². The third-order valence-electron chi connectivity index (χ3n) is 3.84. The van der Waals surface area contributed by atoms with E-state index in [2.05, 4.69) is 24.8 Å². The number of nitrogens with zero attached hydrogens (tertiary/aromatic N) is 2. The SMILES string of the molecule is CC(=O)O.CC(=S)S.CC(C#N)C(=O)O.CC(C#N)P(=O)(O)O.CC(C(=O)O)C(=O)O.CC(C(=O)O)C(F)(F)F.CC(C(F)(F)F)P(=O)(O)O.CP(C)(=O)O.C[Si](O)(O)O. The third-order valence-corrected chi connectivity index (χ3v) is 6.26. The van der Waals surface area contributed by atoms with Crippen LogP contribution in [0.15, 0.2) is 0 Å². The van der Waals surface area contributed by atoms with Gasteiger partial charge in [-0.05, 0) is 41.5 Å². The molecular weight excluding hydrogens is 963 g/mol. The molecule has 0 radical (unpaired) electrons. The number of nitriles is 2. The van der Waals surface area contributed by atoms with Crippen molar-refractivity contribution in [2.75, 3.05) is 13.3 Å². The molecule has 60 heavy (non-hydrogen) atoms. The number of carbonyl (C=O) groups is 5. The summed E-state index contributed by atoms with van der Waals surface area (Å²) in [7, 11) is -15.4. The van der Waals surface area contributed by atoms with Gasteiger partial charge >= 0.3 is 60.2 Å². The van der Waals surface area contributed by atoms with Crippen molar-refractivity contribution in [1.29, 1.82) is 10.5 Å². The van der Waals surface area contributed by atoms with Crippen LogP contribution in [0.1, 0.15) is 48.5 Å². The number of thiol groups is 1. The van der Waals surface area contributed by atoms with Crippen LogP contribution in [0, 0.1) is 40.4 Å². The minimum Gasteiger partial charge on any atom is -0.481 e. The number of halogens is 6. The smallest absolute Gasteiger partial charge is 0.481 e. The molecule has 0 aromatic rings. The minimum atomic E-state index is -5.00. The number of carboxylic acids is 5. The van der Waals surface area contributed by atoms with E-state index < -0.39 is 103 Å². The molecule has 0 aliphatic carbocycles. The number of hydrogen-bond donors (Lipinski definition) is 14. The Balaban J connectivity index is -0.0000000708. The Morgan fingerprint density at radius 2 is 0.883 bits per heavy atom. The standard InChI is InChI=1S/C4H5F3O2.C4H5NO2.C4H6O4.C3H6F3O3P.C3H6NO3P.C2H7O2P.C2H4O2.C2H4S2.CH6O3Si/c1-2(3(8)9)4(5,6)7;1-3(2-5)4(6)7;1-2(3(5)6)4(7)8;1-2(3(4,5)6)10(7,8)9;1-3(2-4)8(5,6)7;1-5(2,3)4;2*1-2(3)4;1-5(2,3)4/h2H,1H3,(H,8,9);3H,1H3,(H,6,7);2H,1H3,(H,5,6)(H,7,8);2H,1H3,(H2,7,8,9);3H,1H3,(H2,5,6,7);1-2H3,(H,3,4);2*1H3,(H,3,4);2-4H,1H3. The van der Waals surface area contributed by atoms with Gasteiger partial charge in [0, 0.05) is 31.0 Å². The van der Waals surface area contributed by atoms with Crippen LogP contribution in [0.3, 0.4) is 0 Å². The zero-order chi connectivity index (χ0) is 51.8. The average molecular weight is 1010 g/mol. The van der Waals surface area contributed by atoms with Gasteiger partial charge in [0.2, 0.25) is 0 Å². The van der Waals surface area contributed by atoms with E-state index in [1.165, 1.54) is 33.2 Å². The van der Waals surface area contributed by atoms with Gasteiger partial charge in [0.05, 0.1) is 12.1 Å². The maximum Gasteiger partial charge on any atom is 0.489 e. The Morgan fingerprint density at radius 1 is 0.650 bits per heavy atom. The zero-order valence-corrected chi connectivity index (χ0v) is 38.2. The van der Waals surface area contributed by atoms with Gasteiger partial charge in [-0.2, -0.15) is 36.9 Å². The van der Waals surface area contributed by atoms with Crippen molar-refractivity contribution in [1.82, 2.24) is 0 Å². The lowest BCUT2D eigenvalue weighted by Gasteiger charge is -2.15. The second-order valence-electron chi connectivity index (χ2n) is 10.7. The topological polar surface area (TPSA) is 447 Å². The largest absolute Gasteiger partial charge is 0.489 e. The summed E-state index contributed by atoms with van der Waals surface area (Å²) in [6.45, 7) is 11.1. The molecule has 0 saturated heterocycles. The van der Waals surface area contributed by atoms with Crippen LogP contribution >= 0.6 is 47.4 Å². The van der Waals surface area contributed by atoms with Crippen molar-refractivity contribution in [3.8, 4) is 12.1 Å². The molecule has 0 bridgehead atoms. The first-order valence-electron chi connectivity index (χ1n) is 14.5. The summed E-state index contributed by atoms with van der Waals surface area (Å²) < 4.78 is 98.8. The predicted octanol–water partition coefficient (Wildman–Crippen LogP) is 2.89. The van der Waals surface area contributed by atoms with Crippen molar-refractivity contribution >= 4 is 90.3 Å². The van der Waals surface area contributed by atoms with Crippen LogP contribution < -0.4 is 0 Å². The number of thiocarbonyl (C=S) groups is 1. The number of rotatable bonds is 6. The Bertz CT molecular complexity index is 1470. The van der Waals surface area contributed by atoms with Gasteiger partial charge in [-0.25, -0.2) is 0 Å². The van der Waals surface area contributed by atoms with E-state index in [1.807, 2.05) is 0 Å². The summed E-state index contributed by atoms with van der Waals surface area (Å²) in [5, 5.41) is 54.9. The molecule has 358 valence electrons. The van der Waals surface area contributed by atoms with Gasteiger partial charge < -0.3 is 64.4 Å². The first kappa shape index (κ1) is 77.5. The lowest BCUT2D eigenvalue weighted by atomic mass is 10.2. The summed E-state index contributed by atoms with van der Waals surface area (Å²) in [5.74, 6) is -10.8. The fourth-order valence-corrected chi connectivity index (χ4v) is 1.10. The number of hydrogen-bond acceptors (Lipinski definition) is 14. The summed E-state index contributed by atoms with van der Waals surface area (Å²) in [6, 6.07) is 3.01. The molecule has 0 amide bonds. The van der Waals surface area contributed by atoms with Crippen LogP contribution in [0.4, 0.5) is 26.3 Å². The van der Waals surface area contributed by atoms with Gasteiger partial charge in [0.25, 0.3) is 5.97 Å². The molecule has 0 aliphatic heterocycles. The molecule has 4 atom stereocenters. The second kappa shape index (κ2) is 36.6. The molecule has 0 heterocycles. The lowest BCUT2D eigenvalue weighted by Crippen LogP contribution is -2.28. The maximum atomic E-state index is 11.5. The fourth-order valence-electron chi connectivity index (χ4n) is 0.567. The Morgan fingerprint density at radius 3 is 0.883 bits per heavy atom. The van der Waals surface area contributed by atoms with Crippen LogP contribution in [-0.2, 0) is 37.7 Å². The zero-order valence-electron chi connectivity index (χ0n) is 32.8. The van der Waals surface area contributed by atoms with Crippen LogP contribution in [0.25, 0.3) is 0 Å². The van der Waals surface area contributed by atoms with Crippen LogP contribution in [0.2, 0.25) is 6.55 Å². The summed E-state index contributed by atoms with van der Waals surface area (Å²) >= 11 is 8.10. The Hall–Kier alpha value is -3.06. The molecule has 0 rings (SSSR count). The monoisotopic (exact) mass is 1010 g/mol. The third kappa shape index (κ3) is 95.4. The maximum absolute atomic E-state index is 11.5. The lowest BCUT2D eigenvalue weighted by molar-refractivity contribution is -0.189. The normalized spacial score (nSPS) is 12.5. The van der Waals surface area contributed by atoms with Crippen LogP contribution in [-0.4, -0.2) is 144 Å². The van der Waals surface area contributed by atoms with Gasteiger partial charge in [0.1, 0.15) is 17.5 Å². The first-order valence-corrected chi connectivity index (χ1v) is 23.6. The van der Waals surface area contributed by atoms with E-state index in [-0.39, 0.29) is 0 Å². The molecule has 0 aliphatic rings. The van der Waals surface area contributed by atoms with Gasteiger partial charge in [-0.15, -0.1) is 12.6 Å². The van der Waals surface area contributed by atoms with Gasteiger partial charge in [-0.3, -0.25) is 37.7 Å². The minimum absolute atomic E-state index is 0.445. The average Bonchev–Trinajstić information content (AvgIpc) is 2.96. The highest BCUT2D eigenvalue weighted by Gasteiger charge is 2.47. The highest BCUT2D eigenvalue weighted by atomic mass is 32.1. The van der Waals surface area contributed by atoms with E-state index in [4.69, 9.17) is 79.7 Å². The number of carboxylic acid groups (broad SMARTS) is 5. The van der Waals surface area contributed by atoms with E-state index in [0.717, 1.165) is 20.4 Å². The first-order chi connectivity index (χ1) is 25.7. The number of aliphatic carboxylic acids is 5. The van der Waals surface area contributed by atoms with Crippen molar-refractivity contribution in [2.45, 2.75) is 78.7 Å². The highest BCUT2D eigenvalue weighted by molar-refractivity contribution is 8.11. The van der Waals surface area contributed by atoms with Gasteiger partial charge in [-0.1, -0.05) is 12.2 Å². The van der Waals surface area contributed by atoms with E-state index in [1.54, 1.807) is 13.0 Å². The molecular formula is C25H49F6N2O21P3S2Si. The van der Waals surface area contributed by atoms with Crippen molar-refractivity contribution in [3.63, 3.8) is 0 Å². The summed E-state index contributed by atoms with van der Waals surface area (Å²) in [6.07, 6.45) is -9.44. The van der Waals surface area contributed by atoms with Crippen molar-refractivity contribution < 1.29 is 128 Å². The Kier molecular flexibility index (Phi) is 47.3. The fraction of sp³-hybridized carbons (Fsp3) is 0.680. The van der Waals surface area contributed by atoms with Crippen LogP contribution in [0.5, 0.6) is 0 Å². The molecule has 23 nitrogen and oxygen atoms in total. The summed E-state index contributed by atoms with van der Waals surface area (Å²) in [5.41, 5.74) is -3.75. The Labute approximate surface area is 350 Å². The van der Waals surface area contributed by atoms with Crippen molar-refractivity contribution in [2.24, 2.45) is 17.8 Å². The molecule has 0 aromatic heterocycles. The molecule has 0 saturated carbocycles. The molecule has 0 aromatic carbocycles. The van der Waals surface area contributed by atoms with E-state index in [0.29, 0.717) is 18.0 Å². The molecule has 4 unspecified atom stereocenters. The van der Waals surface area contributed by atoms with Crippen molar-refractivity contribution in [3.05, 3.63) is 0 Å². The summed E-state index contributed by atoms with van der Waals surface area (Å²) in [4.78, 5) is 112. The molecule has 0 spiro atoms. The molecule has 13 N–H and O–H groups in total. The molecule has 35 heteroatoms. The second-order valence-corrected chi connectivity index (χ2v) is 20.7. The quantitative estimate of drug-likeness (QED) is 0.0454.